The van der Waals surface area contributed by atoms with E-state index in [0.717, 1.165) is 5.69 Å². The molecule has 2 N–H and O–H groups in total. The van der Waals surface area contributed by atoms with Crippen molar-refractivity contribution in [1.82, 2.24) is 10.1 Å². The summed E-state index contributed by atoms with van der Waals surface area (Å²) in [6.45, 7) is 5.23. The summed E-state index contributed by atoms with van der Waals surface area (Å²) in [6.07, 6.45) is 0. The van der Waals surface area contributed by atoms with Crippen LogP contribution in [-0.4, -0.2) is 46.8 Å². The van der Waals surface area contributed by atoms with Crippen LogP contribution in [-0.2, 0) is 0 Å². The van der Waals surface area contributed by atoms with Crippen molar-refractivity contribution < 1.29 is 19.8 Å². The molecule has 1 aromatic heterocycles. The van der Waals surface area contributed by atoms with Crippen molar-refractivity contribution in [3.63, 3.8) is 0 Å². The molecule has 4 rings (SSSR count). The Morgan fingerprint density at radius 2 is 1.97 bits per heavy atom. The van der Waals surface area contributed by atoms with E-state index in [1.807, 2.05) is 19.1 Å². The van der Waals surface area contributed by atoms with E-state index in [9.17, 15) is 10.0 Å². The van der Waals surface area contributed by atoms with Crippen molar-refractivity contribution in [2.75, 3.05) is 24.5 Å². The van der Waals surface area contributed by atoms with E-state index >= 15 is 0 Å². The Morgan fingerprint density at radius 1 is 1.22 bits per heavy atom. The van der Waals surface area contributed by atoms with Gasteiger partial charge in [-0.25, -0.2) is 5.21 Å². The largest absolute Gasteiger partial charge is 0.595 e. The maximum atomic E-state index is 13.5. The first-order valence-electron chi connectivity index (χ1n) is 10.1. The van der Waals surface area contributed by atoms with E-state index in [4.69, 9.17) is 32.9 Å². The van der Waals surface area contributed by atoms with Crippen LogP contribution in [0.4, 0.5) is 11.4 Å². The van der Waals surface area contributed by atoms with Crippen molar-refractivity contribution in [2.24, 2.45) is 0 Å². The van der Waals surface area contributed by atoms with Gasteiger partial charge in [-0.3, -0.25) is 4.79 Å². The lowest BCUT2D eigenvalue weighted by atomic mass is 10.0. The van der Waals surface area contributed by atoms with Crippen molar-refractivity contribution in [3.05, 3.63) is 69.0 Å². The predicted octanol–water partition coefficient (Wildman–Crippen LogP) is 3.71. The number of carbonyl (C=O) groups excluding carboxylic acids is 1. The Kier molecular flexibility index (Phi) is 6.41. The first kappa shape index (κ1) is 22.6. The highest BCUT2D eigenvalue weighted by Gasteiger charge is 2.33. The first-order chi connectivity index (χ1) is 15.3. The highest BCUT2D eigenvalue weighted by atomic mass is 35.5. The molecule has 0 saturated carbocycles. The number of aromatic nitrogens is 1. The Balaban J connectivity index is 1.56. The second-order valence-electron chi connectivity index (χ2n) is 7.71. The third-order valence-corrected chi connectivity index (χ3v) is 6.26. The van der Waals surface area contributed by atoms with E-state index in [1.165, 1.54) is 12.1 Å². The molecule has 2 atom stereocenters. The molecule has 32 heavy (non-hydrogen) atoms. The molecule has 3 aromatic rings. The predicted molar refractivity (Wildman–Crippen MR) is 122 cm³/mol. The van der Waals surface area contributed by atoms with Crippen LogP contribution in [0.3, 0.4) is 0 Å². The molecule has 168 valence electrons. The normalized spacial score (nSPS) is 17.5. The number of hydrogen-bond acceptors (Lipinski definition) is 6. The summed E-state index contributed by atoms with van der Waals surface area (Å²) >= 11 is 12.7. The molecular formula is C22H22Cl2N4O4. The molecule has 1 amide bonds. The van der Waals surface area contributed by atoms with Crippen LogP contribution in [0.1, 0.15) is 23.0 Å². The summed E-state index contributed by atoms with van der Waals surface area (Å²) in [4.78, 5) is 17.3. The van der Waals surface area contributed by atoms with Gasteiger partial charge in [0.2, 0.25) is 0 Å². The van der Waals surface area contributed by atoms with E-state index in [0.29, 0.717) is 52.3 Å². The summed E-state index contributed by atoms with van der Waals surface area (Å²) in [5, 5.41) is 24.2. The third-order valence-electron chi connectivity index (χ3n) is 5.63. The van der Waals surface area contributed by atoms with Gasteiger partial charge in [-0.05, 0) is 26.0 Å². The number of nitrogens with zero attached hydrogens (tertiary/aromatic N) is 3. The summed E-state index contributed by atoms with van der Waals surface area (Å²) < 4.78 is 5.36. The molecule has 8 nitrogen and oxygen atoms in total. The van der Waals surface area contributed by atoms with Gasteiger partial charge in [-0.1, -0.05) is 46.6 Å². The summed E-state index contributed by atoms with van der Waals surface area (Å²) in [5.41, 5.74) is 2.36. The summed E-state index contributed by atoms with van der Waals surface area (Å²) in [6, 6.07) is 11.8. The second kappa shape index (κ2) is 9.09. The minimum absolute atomic E-state index is 0.125. The van der Waals surface area contributed by atoms with Crippen LogP contribution < -0.4 is 10.1 Å². The number of aryl methyl sites for hydroxylation is 1. The Hall–Kier alpha value is -2.62. The zero-order valence-corrected chi connectivity index (χ0v) is 19.0. The number of benzene rings is 2. The zero-order valence-electron chi connectivity index (χ0n) is 17.5. The molecule has 1 aliphatic heterocycles. The van der Waals surface area contributed by atoms with E-state index in [1.54, 1.807) is 30.0 Å². The number of rotatable bonds is 4. The number of hydrogen-bond donors (Lipinski definition) is 2. The lowest BCUT2D eigenvalue weighted by Gasteiger charge is -2.41. The molecule has 1 saturated heterocycles. The van der Waals surface area contributed by atoms with Gasteiger partial charge in [-0.15, -0.1) is 0 Å². The Morgan fingerprint density at radius 3 is 2.62 bits per heavy atom. The molecule has 0 bridgehead atoms. The number of amides is 1. The van der Waals surface area contributed by atoms with E-state index in [2.05, 4.69) is 10.1 Å². The number of piperazine rings is 1. The molecule has 0 aliphatic carbocycles. The lowest BCUT2D eigenvalue weighted by molar-refractivity contribution is -0.991. The highest BCUT2D eigenvalue weighted by Crippen LogP contribution is 2.33. The monoisotopic (exact) mass is 476 g/mol. The molecule has 10 heteroatoms. The SMILES string of the molecule is Cc1onc(-c2ccccc2Cl)c1C(=O)N1CCN(c2ccc([NH+]([O-])O)cc2Cl)CC1C. The van der Waals surface area contributed by atoms with Crippen molar-refractivity contribution >= 4 is 40.5 Å². The van der Waals surface area contributed by atoms with Gasteiger partial charge in [0.15, 0.2) is 5.69 Å². The smallest absolute Gasteiger partial charge is 0.260 e. The van der Waals surface area contributed by atoms with Gasteiger partial charge in [0.05, 0.1) is 15.7 Å². The fourth-order valence-corrected chi connectivity index (χ4v) is 4.50. The number of nitrogens with one attached hydrogen (secondary N) is 1. The minimum atomic E-state index is -1.03. The Bertz CT molecular complexity index is 1150. The first-order valence-corrected chi connectivity index (χ1v) is 10.8. The molecule has 2 unspecified atom stereocenters. The number of carbonyl (C=O) groups is 1. The number of anilines is 1. The van der Waals surface area contributed by atoms with Gasteiger partial charge in [-0.2, -0.15) is 5.23 Å². The third kappa shape index (κ3) is 4.20. The number of quaternary nitrogens is 1. The minimum Gasteiger partial charge on any atom is -0.595 e. The molecule has 0 spiro atoms. The topological polar surface area (TPSA) is 97.3 Å². The standard InChI is InChI=1S/C22H22Cl2N4O4/c1-13-12-26(19-8-7-15(28(30)31)11-18(19)24)9-10-27(13)22(29)20-14(2)32-25-21(20)16-5-3-4-6-17(16)23/h3-8,11,13,28,30H,9-10,12H2,1-2H3. The quantitative estimate of drug-likeness (QED) is 0.557. The highest BCUT2D eigenvalue weighted by molar-refractivity contribution is 6.33. The van der Waals surface area contributed by atoms with Gasteiger partial charge in [0.1, 0.15) is 17.0 Å². The average Bonchev–Trinajstić information content (AvgIpc) is 3.14. The van der Waals surface area contributed by atoms with Crippen molar-refractivity contribution in [1.29, 1.82) is 0 Å². The maximum Gasteiger partial charge on any atom is 0.260 e. The van der Waals surface area contributed by atoms with Gasteiger partial charge < -0.3 is 19.5 Å². The Labute approximate surface area is 195 Å². The number of halogens is 2. The summed E-state index contributed by atoms with van der Waals surface area (Å²) in [5.74, 6) is 0.269. The molecule has 2 heterocycles. The van der Waals surface area contributed by atoms with Crippen LogP contribution in [0.15, 0.2) is 47.0 Å². The van der Waals surface area contributed by atoms with Crippen LogP contribution >= 0.6 is 23.2 Å². The molecule has 0 radical (unpaired) electrons. The van der Waals surface area contributed by atoms with Crippen LogP contribution in [0.2, 0.25) is 10.0 Å². The molecular weight excluding hydrogens is 455 g/mol. The van der Waals surface area contributed by atoms with Gasteiger partial charge in [0, 0.05) is 43.4 Å². The van der Waals surface area contributed by atoms with Crippen LogP contribution in [0.25, 0.3) is 11.3 Å². The maximum absolute atomic E-state index is 13.5. The van der Waals surface area contributed by atoms with Crippen molar-refractivity contribution in [2.45, 2.75) is 19.9 Å². The average molecular weight is 477 g/mol. The fraction of sp³-hybridized carbons (Fsp3) is 0.273. The van der Waals surface area contributed by atoms with E-state index in [-0.39, 0.29) is 17.6 Å². The van der Waals surface area contributed by atoms with Crippen molar-refractivity contribution in [3.8, 4) is 11.3 Å². The molecule has 2 aromatic carbocycles. The molecule has 1 aliphatic rings. The van der Waals surface area contributed by atoms with Crippen LogP contribution in [0.5, 0.6) is 0 Å². The van der Waals surface area contributed by atoms with Crippen LogP contribution in [0, 0.1) is 12.1 Å². The summed E-state index contributed by atoms with van der Waals surface area (Å²) in [7, 11) is 0. The zero-order chi connectivity index (χ0) is 23.0. The van der Waals surface area contributed by atoms with Gasteiger partial charge in [0.25, 0.3) is 5.91 Å². The lowest BCUT2D eigenvalue weighted by Crippen LogP contribution is -2.99. The second-order valence-corrected chi connectivity index (χ2v) is 8.52. The van der Waals surface area contributed by atoms with Gasteiger partial charge >= 0.3 is 0 Å². The van der Waals surface area contributed by atoms with E-state index < -0.39 is 5.23 Å². The fourth-order valence-electron chi connectivity index (χ4n) is 3.98. The molecule has 1 fully saturated rings.